The number of hydrogen-bond donors (Lipinski definition) is 2. The average molecular weight is 443 g/mol. The van der Waals surface area contributed by atoms with E-state index in [4.69, 9.17) is 9.47 Å². The number of para-hydroxylation sites is 1. The van der Waals surface area contributed by atoms with E-state index < -0.39 is 5.97 Å². The highest BCUT2D eigenvalue weighted by Crippen LogP contribution is 2.35. The van der Waals surface area contributed by atoms with Crippen LogP contribution in [0.1, 0.15) is 39.7 Å². The Kier molecular flexibility index (Phi) is 6.45. The van der Waals surface area contributed by atoms with E-state index >= 15 is 0 Å². The molecular weight excluding hydrogens is 418 g/mol. The third kappa shape index (κ3) is 4.90. The first-order valence-electron chi connectivity index (χ1n) is 10.7. The summed E-state index contributed by atoms with van der Waals surface area (Å²) in [5, 5.41) is 20.9. The standard InChI is InChI=1S/C27H25NO5/c1-3-22-24(13-17(2)25(26(22)29)27(30)31)33-15-18-7-6-9-21(14-18)32-16-20-12-11-19-8-4-5-10-23(19)28-20/h4-14,29H,3,15-16H2,1-2H3,(H,30,31). The van der Waals surface area contributed by atoms with Crippen LogP contribution in [-0.2, 0) is 19.6 Å². The molecule has 0 bridgehead atoms. The van der Waals surface area contributed by atoms with Crippen LogP contribution >= 0.6 is 0 Å². The Morgan fingerprint density at radius 2 is 1.79 bits per heavy atom. The minimum atomic E-state index is -1.16. The summed E-state index contributed by atoms with van der Waals surface area (Å²) in [5.74, 6) is -0.219. The summed E-state index contributed by atoms with van der Waals surface area (Å²) < 4.78 is 11.9. The maximum Gasteiger partial charge on any atom is 0.339 e. The number of carboxylic acids is 1. The van der Waals surface area contributed by atoms with Crippen molar-refractivity contribution in [3.8, 4) is 17.2 Å². The van der Waals surface area contributed by atoms with Gasteiger partial charge in [0.15, 0.2) is 0 Å². The molecular formula is C27H25NO5. The predicted molar refractivity (Wildman–Crippen MR) is 126 cm³/mol. The van der Waals surface area contributed by atoms with Crippen molar-refractivity contribution in [1.82, 2.24) is 4.98 Å². The Morgan fingerprint density at radius 3 is 2.58 bits per heavy atom. The molecule has 0 spiro atoms. The maximum atomic E-state index is 11.4. The zero-order chi connectivity index (χ0) is 23.4. The molecule has 0 amide bonds. The van der Waals surface area contributed by atoms with E-state index in [1.54, 1.807) is 13.0 Å². The van der Waals surface area contributed by atoms with E-state index in [1.807, 2.05) is 67.6 Å². The predicted octanol–water partition coefficient (Wildman–Crippen LogP) is 5.67. The molecule has 0 fully saturated rings. The van der Waals surface area contributed by atoms with Gasteiger partial charge in [0, 0.05) is 10.9 Å². The molecule has 1 aromatic heterocycles. The van der Waals surface area contributed by atoms with Crippen LogP contribution in [0.3, 0.4) is 0 Å². The number of nitrogens with zero attached hydrogens (tertiary/aromatic N) is 1. The van der Waals surface area contributed by atoms with Crippen LogP contribution < -0.4 is 9.47 Å². The summed E-state index contributed by atoms with van der Waals surface area (Å²) in [6.45, 7) is 4.09. The third-order valence-corrected chi connectivity index (χ3v) is 5.47. The van der Waals surface area contributed by atoms with Gasteiger partial charge in [0.2, 0.25) is 0 Å². The molecule has 0 unspecified atom stereocenters. The van der Waals surface area contributed by atoms with Crippen LogP contribution in [0, 0.1) is 6.92 Å². The van der Waals surface area contributed by atoms with Gasteiger partial charge >= 0.3 is 5.97 Å². The lowest BCUT2D eigenvalue weighted by Gasteiger charge is -2.16. The topological polar surface area (TPSA) is 88.9 Å². The van der Waals surface area contributed by atoms with Crippen LogP contribution in [-0.4, -0.2) is 21.2 Å². The fraction of sp³-hybridized carbons (Fsp3) is 0.185. The van der Waals surface area contributed by atoms with Gasteiger partial charge in [-0.3, -0.25) is 0 Å². The number of aromatic carboxylic acids is 1. The second kappa shape index (κ2) is 9.61. The summed E-state index contributed by atoms with van der Waals surface area (Å²) in [4.78, 5) is 16.1. The van der Waals surface area contributed by atoms with E-state index in [1.165, 1.54) is 0 Å². The van der Waals surface area contributed by atoms with Crippen LogP contribution in [0.2, 0.25) is 0 Å². The third-order valence-electron chi connectivity index (χ3n) is 5.47. The SMILES string of the molecule is CCc1c(OCc2cccc(OCc3ccc4ccccc4n3)c2)cc(C)c(C(=O)O)c1O. The quantitative estimate of drug-likeness (QED) is 0.365. The van der Waals surface area contributed by atoms with Crippen molar-refractivity contribution in [2.45, 2.75) is 33.5 Å². The normalized spacial score (nSPS) is 10.8. The Bertz CT molecular complexity index is 1320. The largest absolute Gasteiger partial charge is 0.507 e. The Morgan fingerprint density at radius 1 is 0.970 bits per heavy atom. The van der Waals surface area contributed by atoms with Gasteiger partial charge < -0.3 is 19.7 Å². The number of ether oxygens (including phenoxy) is 2. The molecule has 2 N–H and O–H groups in total. The van der Waals surface area contributed by atoms with Crippen molar-refractivity contribution in [1.29, 1.82) is 0 Å². The van der Waals surface area contributed by atoms with E-state index in [0.29, 0.717) is 35.7 Å². The molecule has 168 valence electrons. The lowest BCUT2D eigenvalue weighted by atomic mass is 10.0. The molecule has 6 heteroatoms. The van der Waals surface area contributed by atoms with Crippen LogP contribution in [0.25, 0.3) is 10.9 Å². The van der Waals surface area contributed by atoms with Crippen molar-refractivity contribution in [2.24, 2.45) is 0 Å². The molecule has 0 atom stereocenters. The molecule has 4 rings (SSSR count). The summed E-state index contributed by atoms with van der Waals surface area (Å²) in [5.41, 5.74) is 3.50. The number of hydrogen-bond acceptors (Lipinski definition) is 5. The lowest BCUT2D eigenvalue weighted by Crippen LogP contribution is -2.06. The molecule has 0 saturated carbocycles. The first-order valence-corrected chi connectivity index (χ1v) is 10.7. The highest BCUT2D eigenvalue weighted by Gasteiger charge is 2.20. The smallest absolute Gasteiger partial charge is 0.339 e. The van der Waals surface area contributed by atoms with E-state index in [9.17, 15) is 15.0 Å². The number of aryl methyl sites for hydroxylation is 1. The number of aromatic hydroxyl groups is 1. The monoisotopic (exact) mass is 443 g/mol. The number of rotatable bonds is 8. The van der Waals surface area contributed by atoms with Crippen LogP contribution in [0.4, 0.5) is 0 Å². The Balaban J connectivity index is 1.45. The molecule has 3 aromatic carbocycles. The zero-order valence-corrected chi connectivity index (χ0v) is 18.5. The number of carbonyl (C=O) groups is 1. The molecule has 0 aliphatic rings. The van der Waals surface area contributed by atoms with E-state index in [0.717, 1.165) is 22.2 Å². The number of phenols is 1. The van der Waals surface area contributed by atoms with Crippen molar-refractivity contribution < 1.29 is 24.5 Å². The van der Waals surface area contributed by atoms with Gasteiger partial charge in [-0.25, -0.2) is 9.78 Å². The molecule has 0 saturated heterocycles. The number of fused-ring (bicyclic) bond motifs is 1. The summed E-state index contributed by atoms with van der Waals surface area (Å²) in [7, 11) is 0. The number of pyridine rings is 1. The number of aromatic nitrogens is 1. The Hall–Kier alpha value is -4.06. The molecule has 6 nitrogen and oxygen atoms in total. The first kappa shape index (κ1) is 22.1. The first-order chi connectivity index (χ1) is 16.0. The second-order valence-corrected chi connectivity index (χ2v) is 7.77. The fourth-order valence-electron chi connectivity index (χ4n) is 3.78. The summed E-state index contributed by atoms with van der Waals surface area (Å²) >= 11 is 0. The highest BCUT2D eigenvalue weighted by atomic mass is 16.5. The molecule has 4 aromatic rings. The van der Waals surface area contributed by atoms with Crippen LogP contribution in [0.5, 0.6) is 17.2 Å². The van der Waals surface area contributed by atoms with Gasteiger partial charge in [-0.2, -0.15) is 0 Å². The van der Waals surface area contributed by atoms with Crippen molar-refractivity contribution in [3.05, 3.63) is 94.7 Å². The van der Waals surface area contributed by atoms with Gasteiger partial charge in [-0.15, -0.1) is 0 Å². The highest BCUT2D eigenvalue weighted by molar-refractivity contribution is 5.93. The van der Waals surface area contributed by atoms with Gasteiger partial charge in [-0.1, -0.05) is 43.3 Å². The van der Waals surface area contributed by atoms with Gasteiger partial charge in [0.05, 0.1) is 11.2 Å². The fourth-order valence-corrected chi connectivity index (χ4v) is 3.78. The summed E-state index contributed by atoms with van der Waals surface area (Å²) in [6, 6.07) is 21.2. The van der Waals surface area contributed by atoms with Gasteiger partial charge in [-0.05, 0) is 54.8 Å². The van der Waals surface area contributed by atoms with E-state index in [2.05, 4.69) is 4.98 Å². The van der Waals surface area contributed by atoms with Gasteiger partial charge in [0.1, 0.15) is 36.0 Å². The molecule has 33 heavy (non-hydrogen) atoms. The molecule has 0 aliphatic heterocycles. The maximum absolute atomic E-state index is 11.4. The minimum Gasteiger partial charge on any atom is -0.507 e. The van der Waals surface area contributed by atoms with Crippen LogP contribution in [0.15, 0.2) is 66.7 Å². The van der Waals surface area contributed by atoms with E-state index in [-0.39, 0.29) is 17.9 Å². The number of carboxylic acid groups (broad SMARTS) is 1. The number of benzene rings is 3. The average Bonchev–Trinajstić information content (AvgIpc) is 2.81. The molecule has 0 radical (unpaired) electrons. The summed E-state index contributed by atoms with van der Waals surface area (Å²) in [6.07, 6.45) is 0.448. The zero-order valence-electron chi connectivity index (χ0n) is 18.5. The van der Waals surface area contributed by atoms with Crippen molar-refractivity contribution >= 4 is 16.9 Å². The minimum absolute atomic E-state index is 0.0862. The Labute approximate surface area is 192 Å². The second-order valence-electron chi connectivity index (χ2n) is 7.77. The van der Waals surface area contributed by atoms with Crippen molar-refractivity contribution in [3.63, 3.8) is 0 Å². The van der Waals surface area contributed by atoms with Crippen molar-refractivity contribution in [2.75, 3.05) is 0 Å². The molecule has 0 aliphatic carbocycles. The van der Waals surface area contributed by atoms with Gasteiger partial charge in [0.25, 0.3) is 0 Å². The lowest BCUT2D eigenvalue weighted by molar-refractivity contribution is 0.0692. The molecule has 1 heterocycles.